The van der Waals surface area contributed by atoms with E-state index in [0.29, 0.717) is 41.4 Å². The molecule has 3 atom stereocenters. The van der Waals surface area contributed by atoms with Crippen molar-refractivity contribution >= 4 is 48.3 Å². The number of piperazine rings is 1. The number of nitrogens with one attached hydrogen (secondary N) is 1. The molecule has 3 aromatic heterocycles. The highest BCUT2D eigenvalue weighted by Crippen LogP contribution is 2.34. The summed E-state index contributed by atoms with van der Waals surface area (Å²) in [7, 11) is -3.29. The van der Waals surface area contributed by atoms with Crippen LogP contribution in [0.2, 0.25) is 0 Å². The minimum atomic E-state index is -4.27. The number of sulfonamides is 1. The number of fused-ring (bicyclic) bond motifs is 2. The van der Waals surface area contributed by atoms with Crippen LogP contribution in [0, 0.1) is 18.3 Å². The number of likely N-dealkylation sites (tertiary alicyclic amines) is 1. The quantitative estimate of drug-likeness (QED) is 0.233. The van der Waals surface area contributed by atoms with E-state index in [9.17, 15) is 26.9 Å². The predicted molar refractivity (Wildman–Crippen MR) is 187 cm³/mol. The number of nitrogens with zero attached hydrogens (tertiary/aromatic N) is 7. The Morgan fingerprint density at radius 3 is 2.43 bits per heavy atom. The Morgan fingerprint density at radius 1 is 1.10 bits per heavy atom. The van der Waals surface area contributed by atoms with Crippen LogP contribution in [0.4, 0.5) is 19.0 Å². The third kappa shape index (κ3) is 7.73. The molecule has 1 aromatic carbocycles. The van der Waals surface area contributed by atoms with Crippen molar-refractivity contribution in [1.82, 2.24) is 28.6 Å². The topological polar surface area (TPSA) is 110 Å². The van der Waals surface area contributed by atoms with E-state index in [1.54, 1.807) is 10.4 Å². The maximum absolute atomic E-state index is 13.0. The first-order chi connectivity index (χ1) is 23.1. The van der Waals surface area contributed by atoms with Gasteiger partial charge in [0.25, 0.3) is 0 Å². The zero-order valence-electron chi connectivity index (χ0n) is 28.5. The molecule has 5 heterocycles. The second-order valence-electron chi connectivity index (χ2n) is 13.8. The minimum Gasteiger partial charge on any atom is -0.367 e. The molecule has 1 N–H and O–H groups in total. The van der Waals surface area contributed by atoms with Gasteiger partial charge in [-0.15, -0.1) is 11.3 Å². The molecule has 15 heteroatoms. The molecule has 264 valence electrons. The van der Waals surface area contributed by atoms with Gasteiger partial charge in [-0.3, -0.25) is 9.80 Å². The number of benzene rings is 1. The fourth-order valence-electron chi connectivity index (χ4n) is 7.70. The molecule has 2 saturated heterocycles. The van der Waals surface area contributed by atoms with Gasteiger partial charge >= 0.3 is 6.18 Å². The van der Waals surface area contributed by atoms with Crippen molar-refractivity contribution in [2.45, 2.75) is 90.4 Å². The van der Waals surface area contributed by atoms with Gasteiger partial charge < -0.3 is 9.88 Å². The summed E-state index contributed by atoms with van der Waals surface area (Å²) in [5.74, 6) is 0.585. The molecule has 0 spiro atoms. The molecule has 49 heavy (non-hydrogen) atoms. The van der Waals surface area contributed by atoms with Crippen molar-refractivity contribution in [3.63, 3.8) is 0 Å². The Labute approximate surface area is 289 Å². The Bertz CT molecular complexity index is 1970. The fraction of sp³-hybridized carbons (Fsp3) is 0.559. The lowest BCUT2D eigenvalue weighted by atomic mass is 10.0. The van der Waals surface area contributed by atoms with Crippen molar-refractivity contribution in [2.24, 2.45) is 0 Å². The summed E-state index contributed by atoms with van der Waals surface area (Å²) in [4.78, 5) is 14.1. The monoisotopic (exact) mass is 716 g/mol. The first-order valence-corrected chi connectivity index (χ1v) is 19.3. The van der Waals surface area contributed by atoms with Crippen molar-refractivity contribution in [3.05, 3.63) is 52.3 Å². The van der Waals surface area contributed by atoms with E-state index in [0.717, 1.165) is 60.3 Å². The predicted octanol–water partition coefficient (Wildman–Crippen LogP) is 5.75. The van der Waals surface area contributed by atoms with Gasteiger partial charge in [0, 0.05) is 79.2 Å². The lowest BCUT2D eigenvalue weighted by Gasteiger charge is -2.45. The molecule has 4 aromatic rings. The van der Waals surface area contributed by atoms with E-state index in [2.05, 4.69) is 61.7 Å². The van der Waals surface area contributed by atoms with Crippen LogP contribution < -0.4 is 5.32 Å². The van der Waals surface area contributed by atoms with Crippen LogP contribution in [0.1, 0.15) is 55.3 Å². The van der Waals surface area contributed by atoms with Gasteiger partial charge in [0.2, 0.25) is 10.0 Å². The molecule has 0 radical (unpaired) electrons. The normalized spacial score (nSPS) is 21.4. The Hall–Kier alpha value is -3.29. The van der Waals surface area contributed by atoms with Gasteiger partial charge in [-0.05, 0) is 69.9 Å². The van der Waals surface area contributed by atoms with Crippen LogP contribution in [0.25, 0.3) is 21.1 Å². The number of aromatic nitrogens is 3. The number of alkyl halides is 3. The summed E-state index contributed by atoms with van der Waals surface area (Å²) in [5, 5.41) is 15.3. The van der Waals surface area contributed by atoms with Crippen LogP contribution in [-0.2, 0) is 29.5 Å². The number of piperidine rings is 1. The van der Waals surface area contributed by atoms with E-state index < -0.39 is 22.6 Å². The minimum absolute atomic E-state index is 0.101. The number of hydrogen-bond donors (Lipinski definition) is 1. The Morgan fingerprint density at radius 2 is 1.80 bits per heavy atom. The highest BCUT2D eigenvalue weighted by molar-refractivity contribution is 7.88. The first kappa shape index (κ1) is 35.5. The summed E-state index contributed by atoms with van der Waals surface area (Å²) in [6, 6.07) is 10.2. The molecule has 0 aliphatic carbocycles. The second kappa shape index (κ2) is 13.8. The lowest BCUT2D eigenvalue weighted by molar-refractivity contribution is -0.126. The first-order valence-electron chi connectivity index (χ1n) is 16.6. The summed E-state index contributed by atoms with van der Waals surface area (Å²) in [6.45, 7) is 12.5. The average Bonchev–Trinajstić information content (AvgIpc) is 3.58. The number of thiophene rings is 1. The number of anilines is 1. The van der Waals surface area contributed by atoms with Gasteiger partial charge in [0.1, 0.15) is 28.7 Å². The van der Waals surface area contributed by atoms with E-state index in [1.165, 1.54) is 18.1 Å². The number of rotatable bonds is 9. The van der Waals surface area contributed by atoms with Gasteiger partial charge in [0.05, 0.1) is 18.1 Å². The van der Waals surface area contributed by atoms with Crippen LogP contribution in [-0.4, -0.2) is 99.8 Å². The molecular formula is C34H43F3N8O2S2. The Kier molecular flexibility index (Phi) is 10.00. The molecule has 1 unspecified atom stereocenters. The van der Waals surface area contributed by atoms with Gasteiger partial charge in [-0.25, -0.2) is 18.4 Å². The second-order valence-corrected chi connectivity index (χ2v) is 16.8. The summed E-state index contributed by atoms with van der Waals surface area (Å²) >= 11 is 1.06. The highest BCUT2D eigenvalue weighted by atomic mass is 32.2. The van der Waals surface area contributed by atoms with E-state index in [1.807, 2.05) is 19.9 Å². The van der Waals surface area contributed by atoms with Crippen LogP contribution in [0.3, 0.4) is 0 Å². The van der Waals surface area contributed by atoms with E-state index in [-0.39, 0.29) is 29.0 Å². The van der Waals surface area contributed by atoms with Crippen molar-refractivity contribution < 1.29 is 21.6 Å². The van der Waals surface area contributed by atoms with Crippen molar-refractivity contribution in [3.8, 4) is 6.07 Å². The third-order valence-corrected chi connectivity index (χ3v) is 12.5. The number of halogens is 3. The van der Waals surface area contributed by atoms with Crippen LogP contribution in [0.15, 0.2) is 30.6 Å². The van der Waals surface area contributed by atoms with Gasteiger partial charge in [-0.2, -0.15) is 22.7 Å². The van der Waals surface area contributed by atoms with Crippen molar-refractivity contribution in [1.29, 1.82) is 5.26 Å². The summed E-state index contributed by atoms with van der Waals surface area (Å²) in [6.07, 6.45) is -0.820. The molecule has 0 bridgehead atoms. The van der Waals surface area contributed by atoms with Crippen LogP contribution in [0.5, 0.6) is 0 Å². The SMILES string of the molecule is Cc1c(CN2CCC(Nc3ncnc4sc(CC(F)(F)F)cc34)CC2)ccc2c1cc(C#N)n2CC(C)N1C[C@H](C)N(S(C)(=O)=O)[C@@H](C)C1. The summed E-state index contributed by atoms with van der Waals surface area (Å²) < 4.78 is 67.3. The average molecular weight is 717 g/mol. The smallest absolute Gasteiger partial charge is 0.367 e. The molecule has 10 nitrogen and oxygen atoms in total. The maximum Gasteiger partial charge on any atom is 0.393 e. The molecule has 2 fully saturated rings. The standard InChI is InChI=1S/C34H43F3N8O2S2/c1-21(43-16-22(2)45(23(3)17-43)49(5,46)47)18-44-27(15-38)12-29-24(4)25(6-7-31(29)44)19-42-10-8-26(9-11-42)41-32-30-13-28(14-34(35,36)37)48-33(30)40-20-39-32/h6-7,12-13,20-23,26H,8-11,14,16-19H2,1-5H3,(H,39,40,41)/t21?,22-,23-/m0/s1. The highest BCUT2D eigenvalue weighted by Gasteiger charge is 2.37. The number of nitriles is 1. The lowest BCUT2D eigenvalue weighted by Crippen LogP contribution is -2.60. The number of hydrogen-bond acceptors (Lipinski definition) is 9. The molecule has 0 amide bonds. The maximum atomic E-state index is 13.0. The molecule has 6 rings (SSSR count). The molecular weight excluding hydrogens is 674 g/mol. The van der Waals surface area contributed by atoms with E-state index in [4.69, 9.17) is 0 Å². The fourth-order valence-corrected chi connectivity index (χ4v) is 10.2. The van der Waals surface area contributed by atoms with Gasteiger partial charge in [0.15, 0.2) is 0 Å². The summed E-state index contributed by atoms with van der Waals surface area (Å²) in [5.41, 5.74) is 3.99. The third-order valence-electron chi connectivity index (χ3n) is 9.98. The Balaban J connectivity index is 1.10. The molecule has 0 saturated carbocycles. The zero-order valence-corrected chi connectivity index (χ0v) is 30.1. The van der Waals surface area contributed by atoms with Crippen molar-refractivity contribution in [2.75, 3.05) is 37.8 Å². The van der Waals surface area contributed by atoms with Gasteiger partial charge in [-0.1, -0.05) is 6.07 Å². The van der Waals surface area contributed by atoms with Crippen LogP contribution >= 0.6 is 11.3 Å². The number of aryl methyl sites for hydroxylation is 1. The zero-order chi connectivity index (χ0) is 35.2. The molecule has 2 aliphatic rings. The largest absolute Gasteiger partial charge is 0.393 e. The van der Waals surface area contributed by atoms with E-state index >= 15 is 0 Å². The molecule has 2 aliphatic heterocycles.